The van der Waals surface area contributed by atoms with Crippen molar-refractivity contribution in [2.45, 2.75) is 5.92 Å². The van der Waals surface area contributed by atoms with Gasteiger partial charge in [0.2, 0.25) is 0 Å². The summed E-state index contributed by atoms with van der Waals surface area (Å²) in [5.74, 6) is -0.418. The molecule has 6 heteroatoms. The molecular formula is C24H15NO5. The molecular weight excluding hydrogens is 382 g/mol. The molecule has 0 aliphatic carbocycles. The van der Waals surface area contributed by atoms with Crippen molar-refractivity contribution in [1.29, 1.82) is 0 Å². The normalized spacial score (nSPS) is 15.0. The first-order valence-corrected chi connectivity index (χ1v) is 9.48. The summed E-state index contributed by atoms with van der Waals surface area (Å²) in [6, 6.07) is 17.6. The maximum atomic E-state index is 13.1. The monoisotopic (exact) mass is 397 g/mol. The number of hydrogen-bond acceptors (Lipinski definition) is 5. The molecule has 3 N–H and O–H groups in total. The number of benzene rings is 3. The summed E-state index contributed by atoms with van der Waals surface area (Å²) < 4.78 is 11.6. The van der Waals surface area contributed by atoms with E-state index in [1.807, 2.05) is 36.5 Å². The summed E-state index contributed by atoms with van der Waals surface area (Å²) in [6.45, 7) is 0. The Kier molecular flexibility index (Phi) is 3.29. The maximum Gasteiger partial charge on any atom is 0.344 e. The van der Waals surface area contributed by atoms with E-state index >= 15 is 0 Å². The van der Waals surface area contributed by atoms with Gasteiger partial charge in [-0.15, -0.1) is 0 Å². The van der Waals surface area contributed by atoms with Crippen LogP contribution in [0.25, 0.3) is 21.9 Å². The van der Waals surface area contributed by atoms with Gasteiger partial charge in [0, 0.05) is 17.1 Å². The van der Waals surface area contributed by atoms with E-state index in [1.54, 1.807) is 18.2 Å². The number of ether oxygens (including phenoxy) is 1. The van der Waals surface area contributed by atoms with Crippen LogP contribution in [0, 0.1) is 0 Å². The lowest BCUT2D eigenvalue weighted by Crippen LogP contribution is -2.20. The van der Waals surface area contributed by atoms with Crippen LogP contribution in [0.15, 0.2) is 76.1 Å². The fourth-order valence-corrected chi connectivity index (χ4v) is 4.35. The quantitative estimate of drug-likeness (QED) is 0.269. The Morgan fingerprint density at radius 1 is 0.800 bits per heavy atom. The number of fused-ring (bicyclic) bond motifs is 5. The predicted octanol–water partition coefficient (Wildman–Crippen LogP) is 4.97. The minimum Gasteiger partial charge on any atom is -0.507 e. The molecule has 3 aromatic carbocycles. The summed E-state index contributed by atoms with van der Waals surface area (Å²) >= 11 is 0. The largest absolute Gasteiger partial charge is 0.507 e. The number of para-hydroxylation sites is 2. The molecule has 1 unspecified atom stereocenters. The maximum absolute atomic E-state index is 13.1. The molecule has 6 nitrogen and oxygen atoms in total. The van der Waals surface area contributed by atoms with Gasteiger partial charge < -0.3 is 24.4 Å². The highest BCUT2D eigenvalue weighted by atomic mass is 16.5. The Bertz CT molecular complexity index is 1530. The molecule has 0 fully saturated rings. The zero-order valence-corrected chi connectivity index (χ0v) is 15.5. The summed E-state index contributed by atoms with van der Waals surface area (Å²) in [5, 5.41) is 22.8. The van der Waals surface area contributed by atoms with E-state index in [0.29, 0.717) is 22.3 Å². The Morgan fingerprint density at radius 2 is 1.53 bits per heavy atom. The van der Waals surface area contributed by atoms with Gasteiger partial charge in [-0.05, 0) is 35.9 Å². The van der Waals surface area contributed by atoms with E-state index < -0.39 is 11.5 Å². The van der Waals surface area contributed by atoms with E-state index in [-0.39, 0.29) is 22.8 Å². The van der Waals surface area contributed by atoms with Crippen molar-refractivity contribution in [3.63, 3.8) is 0 Å². The first-order chi connectivity index (χ1) is 14.6. The van der Waals surface area contributed by atoms with E-state index in [2.05, 4.69) is 4.98 Å². The molecule has 5 aromatic rings. The van der Waals surface area contributed by atoms with Crippen LogP contribution in [0.4, 0.5) is 0 Å². The van der Waals surface area contributed by atoms with E-state index in [4.69, 9.17) is 9.15 Å². The molecule has 0 amide bonds. The van der Waals surface area contributed by atoms with Crippen LogP contribution >= 0.6 is 0 Å². The number of H-pyrrole nitrogens is 1. The zero-order valence-electron chi connectivity index (χ0n) is 15.5. The molecule has 1 aliphatic heterocycles. The highest BCUT2D eigenvalue weighted by molar-refractivity contribution is 5.90. The molecule has 2 aromatic heterocycles. The zero-order chi connectivity index (χ0) is 20.4. The lowest BCUT2D eigenvalue weighted by atomic mass is 9.82. The van der Waals surface area contributed by atoms with Gasteiger partial charge in [0.15, 0.2) is 11.5 Å². The summed E-state index contributed by atoms with van der Waals surface area (Å²) in [5.41, 5.74) is 2.13. The number of aromatic nitrogens is 1. The van der Waals surface area contributed by atoms with Crippen LogP contribution in [0.5, 0.6) is 23.0 Å². The number of aromatic hydroxyl groups is 2. The molecule has 30 heavy (non-hydrogen) atoms. The van der Waals surface area contributed by atoms with E-state index in [1.165, 1.54) is 12.1 Å². The van der Waals surface area contributed by atoms with Crippen LogP contribution in [-0.2, 0) is 0 Å². The Hall–Kier alpha value is -4.19. The molecule has 0 saturated heterocycles. The smallest absolute Gasteiger partial charge is 0.344 e. The number of nitrogens with one attached hydrogen (secondary N) is 1. The Morgan fingerprint density at radius 3 is 2.40 bits per heavy atom. The van der Waals surface area contributed by atoms with E-state index in [0.717, 1.165) is 16.5 Å². The molecule has 146 valence electrons. The number of hydrogen-bond donors (Lipinski definition) is 3. The fraction of sp³-hybridized carbons (Fsp3) is 0.0417. The second kappa shape index (κ2) is 5.90. The summed E-state index contributed by atoms with van der Waals surface area (Å²) in [6.07, 6.45) is 1.81. The van der Waals surface area contributed by atoms with Crippen molar-refractivity contribution in [1.82, 2.24) is 4.98 Å². The van der Waals surface area contributed by atoms with Crippen LogP contribution in [0.3, 0.4) is 0 Å². The van der Waals surface area contributed by atoms with Crippen molar-refractivity contribution < 1.29 is 19.4 Å². The number of phenols is 2. The Balaban J connectivity index is 1.78. The van der Waals surface area contributed by atoms with Gasteiger partial charge in [-0.3, -0.25) is 0 Å². The summed E-state index contributed by atoms with van der Waals surface area (Å²) in [4.78, 5) is 16.3. The van der Waals surface area contributed by atoms with Crippen LogP contribution in [0.2, 0.25) is 0 Å². The van der Waals surface area contributed by atoms with Crippen LogP contribution in [0.1, 0.15) is 22.6 Å². The van der Waals surface area contributed by atoms with Gasteiger partial charge >= 0.3 is 5.63 Å². The summed E-state index contributed by atoms with van der Waals surface area (Å²) in [7, 11) is 0. The molecule has 3 heterocycles. The standard InChI is InChI=1S/C24H15NO5/c26-16-9-10-17(27)23-20(16)19(14-11-25-15-7-3-1-5-12(14)15)21-22(30-23)13-6-2-4-8-18(13)29-24(21)28/h1-11,19,25-27H. The topological polar surface area (TPSA) is 95.7 Å². The highest BCUT2D eigenvalue weighted by Crippen LogP contribution is 2.55. The van der Waals surface area contributed by atoms with Gasteiger partial charge in [-0.25, -0.2) is 4.79 Å². The van der Waals surface area contributed by atoms with Gasteiger partial charge in [-0.1, -0.05) is 30.3 Å². The predicted molar refractivity (Wildman–Crippen MR) is 112 cm³/mol. The lowest BCUT2D eigenvalue weighted by molar-refractivity contribution is 0.380. The van der Waals surface area contributed by atoms with Gasteiger partial charge in [0.1, 0.15) is 17.1 Å². The van der Waals surface area contributed by atoms with Crippen molar-refractivity contribution >= 4 is 21.9 Å². The molecule has 1 aliphatic rings. The van der Waals surface area contributed by atoms with Crippen molar-refractivity contribution in [3.05, 3.63) is 94.0 Å². The molecule has 0 spiro atoms. The van der Waals surface area contributed by atoms with Gasteiger partial charge in [-0.2, -0.15) is 0 Å². The minimum absolute atomic E-state index is 0.0729. The number of aromatic amines is 1. The minimum atomic E-state index is -0.687. The second-order valence-electron chi connectivity index (χ2n) is 7.30. The first-order valence-electron chi connectivity index (χ1n) is 9.48. The van der Waals surface area contributed by atoms with E-state index in [9.17, 15) is 15.0 Å². The highest BCUT2D eigenvalue weighted by Gasteiger charge is 2.38. The third kappa shape index (κ3) is 2.16. The third-order valence-corrected chi connectivity index (χ3v) is 5.66. The molecule has 0 radical (unpaired) electrons. The molecule has 6 rings (SSSR count). The van der Waals surface area contributed by atoms with Gasteiger partial charge in [0.05, 0.1) is 22.4 Å². The van der Waals surface area contributed by atoms with Crippen molar-refractivity contribution in [2.24, 2.45) is 0 Å². The fourth-order valence-electron chi connectivity index (χ4n) is 4.35. The average molecular weight is 397 g/mol. The number of phenolic OH excluding ortho intramolecular Hbond substituents is 2. The lowest BCUT2D eigenvalue weighted by Gasteiger charge is -2.28. The average Bonchev–Trinajstić information content (AvgIpc) is 3.19. The first kappa shape index (κ1) is 16.7. The van der Waals surface area contributed by atoms with Crippen molar-refractivity contribution in [2.75, 3.05) is 0 Å². The van der Waals surface area contributed by atoms with Crippen LogP contribution in [-0.4, -0.2) is 15.2 Å². The van der Waals surface area contributed by atoms with Crippen LogP contribution < -0.4 is 10.4 Å². The van der Waals surface area contributed by atoms with Gasteiger partial charge in [0.25, 0.3) is 0 Å². The third-order valence-electron chi connectivity index (χ3n) is 5.66. The molecule has 1 atom stereocenters. The number of rotatable bonds is 1. The molecule has 0 saturated carbocycles. The molecule has 0 bridgehead atoms. The Labute approximate surface area is 169 Å². The SMILES string of the molecule is O=c1oc2ccccc2c2c1C(c1c[nH]c3ccccc13)c1c(O)ccc(O)c1O2. The second-order valence-corrected chi connectivity index (χ2v) is 7.30. The van der Waals surface area contributed by atoms with Crippen molar-refractivity contribution in [3.8, 4) is 23.0 Å².